The van der Waals surface area contributed by atoms with Crippen LogP contribution in [0.4, 0.5) is 8.78 Å². The lowest BCUT2D eigenvalue weighted by Crippen LogP contribution is -2.18. The molecule has 0 radical (unpaired) electrons. The van der Waals surface area contributed by atoms with Gasteiger partial charge in [0.2, 0.25) is 0 Å². The van der Waals surface area contributed by atoms with Crippen molar-refractivity contribution in [1.82, 2.24) is 15.1 Å². The zero-order valence-corrected chi connectivity index (χ0v) is 12.3. The van der Waals surface area contributed by atoms with Crippen LogP contribution in [0.3, 0.4) is 0 Å². The lowest BCUT2D eigenvalue weighted by atomic mass is 10.1. The Balaban J connectivity index is 2.14. The van der Waals surface area contributed by atoms with Gasteiger partial charge in [0, 0.05) is 42.5 Å². The summed E-state index contributed by atoms with van der Waals surface area (Å²) >= 11 is 6.14. The minimum atomic E-state index is -2.66. The molecule has 1 N–H and O–H groups in total. The molecule has 0 aliphatic carbocycles. The predicted octanol–water partition coefficient (Wildman–Crippen LogP) is 3.33. The van der Waals surface area contributed by atoms with Gasteiger partial charge in [-0.25, -0.2) is 4.68 Å². The van der Waals surface area contributed by atoms with E-state index in [1.165, 1.54) is 12.4 Å². The zero-order valence-electron chi connectivity index (χ0n) is 11.5. The molecule has 0 saturated carbocycles. The molecular weight excluding hydrogens is 300 g/mol. The molecule has 0 aliphatic heterocycles. The Kier molecular flexibility index (Phi) is 5.67. The second-order valence-corrected chi connectivity index (χ2v) is 4.88. The number of alkyl halides is 2. The van der Waals surface area contributed by atoms with Crippen LogP contribution in [0.1, 0.15) is 12.1 Å². The Labute approximate surface area is 126 Å². The Morgan fingerprint density at radius 1 is 1.43 bits per heavy atom. The van der Waals surface area contributed by atoms with Gasteiger partial charge in [-0.1, -0.05) is 17.7 Å². The van der Waals surface area contributed by atoms with Crippen LogP contribution in [0.15, 0.2) is 30.6 Å². The molecule has 0 amide bonds. The third-order valence-electron chi connectivity index (χ3n) is 2.96. The first-order chi connectivity index (χ1) is 10.1. The number of benzene rings is 1. The summed E-state index contributed by atoms with van der Waals surface area (Å²) in [5, 5.41) is 7.34. The van der Waals surface area contributed by atoms with Crippen molar-refractivity contribution in [2.75, 3.05) is 20.3 Å². The standard InChI is InChI=1S/C14H16ClF2N3O/c1-21-5-4-18-7-10-2-3-13(15)12(6-10)11-8-19-20(9-11)14(16)17/h2-3,6,8-9,14,18H,4-5,7H2,1H3. The van der Waals surface area contributed by atoms with Gasteiger partial charge in [-0.15, -0.1) is 0 Å². The van der Waals surface area contributed by atoms with Gasteiger partial charge in [0.15, 0.2) is 0 Å². The number of halogens is 3. The fraction of sp³-hybridized carbons (Fsp3) is 0.357. The van der Waals surface area contributed by atoms with Crippen LogP contribution in [-0.4, -0.2) is 30.0 Å². The summed E-state index contributed by atoms with van der Waals surface area (Å²) in [6.07, 6.45) is 2.67. The van der Waals surface area contributed by atoms with Crippen LogP contribution >= 0.6 is 11.6 Å². The highest BCUT2D eigenvalue weighted by Crippen LogP contribution is 2.29. The molecule has 1 aromatic carbocycles. The Hall–Kier alpha value is -1.50. The first-order valence-corrected chi connectivity index (χ1v) is 6.80. The molecular formula is C14H16ClF2N3O. The largest absolute Gasteiger partial charge is 0.383 e. The monoisotopic (exact) mass is 315 g/mol. The Morgan fingerprint density at radius 3 is 2.90 bits per heavy atom. The summed E-state index contributed by atoms with van der Waals surface area (Å²) in [6, 6.07) is 5.52. The molecule has 0 saturated heterocycles. The maximum Gasteiger partial charge on any atom is 0.333 e. The fourth-order valence-electron chi connectivity index (χ4n) is 1.89. The molecule has 2 rings (SSSR count). The lowest BCUT2D eigenvalue weighted by molar-refractivity contribution is 0.0566. The first kappa shape index (κ1) is 15.9. The lowest BCUT2D eigenvalue weighted by Gasteiger charge is -2.08. The minimum Gasteiger partial charge on any atom is -0.383 e. The second-order valence-electron chi connectivity index (χ2n) is 4.47. The van der Waals surface area contributed by atoms with E-state index in [-0.39, 0.29) is 0 Å². The third kappa shape index (κ3) is 4.23. The van der Waals surface area contributed by atoms with Gasteiger partial charge >= 0.3 is 6.55 Å². The van der Waals surface area contributed by atoms with Crippen molar-refractivity contribution in [3.8, 4) is 11.1 Å². The van der Waals surface area contributed by atoms with Crippen molar-refractivity contribution in [3.63, 3.8) is 0 Å². The second kappa shape index (κ2) is 7.49. The van der Waals surface area contributed by atoms with Gasteiger partial charge < -0.3 is 10.1 Å². The molecule has 21 heavy (non-hydrogen) atoms. The zero-order chi connectivity index (χ0) is 15.2. The molecule has 0 atom stereocenters. The van der Waals surface area contributed by atoms with Crippen LogP contribution in [0.5, 0.6) is 0 Å². The van der Waals surface area contributed by atoms with E-state index in [0.29, 0.717) is 34.0 Å². The van der Waals surface area contributed by atoms with Crippen molar-refractivity contribution >= 4 is 11.6 Å². The first-order valence-electron chi connectivity index (χ1n) is 6.42. The van der Waals surface area contributed by atoms with E-state index in [4.69, 9.17) is 16.3 Å². The normalized spacial score (nSPS) is 11.3. The number of methoxy groups -OCH3 is 1. The highest BCUT2D eigenvalue weighted by molar-refractivity contribution is 6.33. The number of rotatable bonds is 7. The van der Waals surface area contributed by atoms with E-state index in [0.717, 1.165) is 12.1 Å². The van der Waals surface area contributed by atoms with E-state index < -0.39 is 6.55 Å². The molecule has 0 spiro atoms. The van der Waals surface area contributed by atoms with Crippen molar-refractivity contribution in [1.29, 1.82) is 0 Å². The van der Waals surface area contributed by atoms with Gasteiger partial charge in [0.1, 0.15) is 0 Å². The average molecular weight is 316 g/mol. The molecule has 0 fully saturated rings. The number of nitrogens with one attached hydrogen (secondary N) is 1. The molecule has 114 valence electrons. The van der Waals surface area contributed by atoms with Gasteiger partial charge in [-0.05, 0) is 17.7 Å². The maximum atomic E-state index is 12.6. The summed E-state index contributed by atoms with van der Waals surface area (Å²) in [7, 11) is 1.64. The summed E-state index contributed by atoms with van der Waals surface area (Å²) in [5.74, 6) is 0. The van der Waals surface area contributed by atoms with E-state index in [2.05, 4.69) is 10.4 Å². The number of aromatic nitrogens is 2. The highest BCUT2D eigenvalue weighted by atomic mass is 35.5. The average Bonchev–Trinajstić information content (AvgIpc) is 2.95. The van der Waals surface area contributed by atoms with E-state index in [1.807, 2.05) is 12.1 Å². The van der Waals surface area contributed by atoms with Gasteiger partial charge in [-0.3, -0.25) is 0 Å². The topological polar surface area (TPSA) is 39.1 Å². The van der Waals surface area contributed by atoms with Crippen LogP contribution < -0.4 is 5.32 Å². The summed E-state index contributed by atoms with van der Waals surface area (Å²) < 4.78 is 30.7. The maximum absolute atomic E-state index is 12.6. The number of hydrogen-bond acceptors (Lipinski definition) is 3. The summed E-state index contributed by atoms with van der Waals surface area (Å²) in [5.41, 5.74) is 2.27. The third-order valence-corrected chi connectivity index (χ3v) is 3.28. The van der Waals surface area contributed by atoms with Crippen LogP contribution in [-0.2, 0) is 11.3 Å². The number of ether oxygens (including phenoxy) is 1. The number of nitrogens with zero attached hydrogens (tertiary/aromatic N) is 2. The molecule has 0 unspecified atom stereocenters. The van der Waals surface area contributed by atoms with Crippen molar-refractivity contribution < 1.29 is 13.5 Å². The van der Waals surface area contributed by atoms with Crippen molar-refractivity contribution in [2.24, 2.45) is 0 Å². The molecule has 0 aliphatic rings. The number of hydrogen-bond donors (Lipinski definition) is 1. The minimum absolute atomic E-state index is 0.504. The molecule has 4 nitrogen and oxygen atoms in total. The van der Waals surface area contributed by atoms with E-state index in [9.17, 15) is 8.78 Å². The summed E-state index contributed by atoms with van der Waals surface area (Å²) in [4.78, 5) is 0. The van der Waals surface area contributed by atoms with E-state index in [1.54, 1.807) is 13.2 Å². The smallest absolute Gasteiger partial charge is 0.333 e. The van der Waals surface area contributed by atoms with Gasteiger partial charge in [0.25, 0.3) is 0 Å². The SMILES string of the molecule is COCCNCc1ccc(Cl)c(-c2cnn(C(F)F)c2)c1. The molecule has 0 bridgehead atoms. The Morgan fingerprint density at radius 2 is 2.24 bits per heavy atom. The molecule has 1 aromatic heterocycles. The van der Waals surface area contributed by atoms with Crippen molar-refractivity contribution in [2.45, 2.75) is 13.1 Å². The Bertz CT molecular complexity index is 589. The van der Waals surface area contributed by atoms with Crippen molar-refractivity contribution in [3.05, 3.63) is 41.2 Å². The molecule has 2 aromatic rings. The molecule has 7 heteroatoms. The van der Waals surface area contributed by atoms with Crippen LogP contribution in [0.25, 0.3) is 11.1 Å². The van der Waals surface area contributed by atoms with Crippen LogP contribution in [0.2, 0.25) is 5.02 Å². The fourth-order valence-corrected chi connectivity index (χ4v) is 2.12. The molecule has 1 heterocycles. The van der Waals surface area contributed by atoms with Gasteiger partial charge in [0.05, 0.1) is 12.8 Å². The highest BCUT2D eigenvalue weighted by Gasteiger charge is 2.11. The van der Waals surface area contributed by atoms with Crippen LogP contribution in [0, 0.1) is 0 Å². The quantitative estimate of drug-likeness (QED) is 0.797. The van der Waals surface area contributed by atoms with E-state index >= 15 is 0 Å². The summed E-state index contributed by atoms with van der Waals surface area (Å²) in [6.45, 7) is -0.646. The predicted molar refractivity (Wildman–Crippen MR) is 77.5 cm³/mol. The van der Waals surface area contributed by atoms with Gasteiger partial charge in [-0.2, -0.15) is 13.9 Å².